The quantitative estimate of drug-likeness (QED) is 0.844. The minimum absolute atomic E-state index is 0.639. The molecular formula is C15H24N2S. The highest BCUT2D eigenvalue weighted by atomic mass is 32.2. The Morgan fingerprint density at radius 3 is 2.94 bits per heavy atom. The van der Waals surface area contributed by atoms with Gasteiger partial charge in [-0.25, -0.2) is 0 Å². The molecule has 100 valence electrons. The lowest BCUT2D eigenvalue weighted by Crippen LogP contribution is -2.36. The zero-order valence-corrected chi connectivity index (χ0v) is 12.3. The molecule has 0 aromatic heterocycles. The van der Waals surface area contributed by atoms with E-state index in [1.54, 1.807) is 11.8 Å². The van der Waals surface area contributed by atoms with Gasteiger partial charge in [0.15, 0.2) is 0 Å². The fraction of sp³-hybridized carbons (Fsp3) is 0.600. The molecule has 2 rings (SSSR count). The highest BCUT2D eigenvalue weighted by Crippen LogP contribution is 2.32. The first-order chi connectivity index (χ1) is 8.80. The SMILES string of the molecule is CCC1CCCN(c2cccc(SC)c2CN)C1. The van der Waals surface area contributed by atoms with Gasteiger partial charge in [-0.2, -0.15) is 0 Å². The van der Waals surface area contributed by atoms with Gasteiger partial charge in [0, 0.05) is 35.8 Å². The van der Waals surface area contributed by atoms with Gasteiger partial charge in [-0.15, -0.1) is 11.8 Å². The minimum atomic E-state index is 0.639. The smallest absolute Gasteiger partial charge is 0.0423 e. The van der Waals surface area contributed by atoms with Crippen molar-refractivity contribution in [2.24, 2.45) is 11.7 Å². The van der Waals surface area contributed by atoms with Crippen molar-refractivity contribution in [3.05, 3.63) is 23.8 Å². The number of nitrogens with zero attached hydrogens (tertiary/aromatic N) is 1. The molecule has 0 radical (unpaired) electrons. The molecule has 1 aromatic rings. The van der Waals surface area contributed by atoms with E-state index in [1.807, 2.05) is 0 Å². The molecule has 18 heavy (non-hydrogen) atoms. The van der Waals surface area contributed by atoms with Gasteiger partial charge in [0.1, 0.15) is 0 Å². The second kappa shape index (κ2) is 6.48. The Kier molecular flexibility index (Phi) is 4.95. The molecule has 1 heterocycles. The summed E-state index contributed by atoms with van der Waals surface area (Å²) >= 11 is 1.80. The third-order valence-electron chi connectivity index (χ3n) is 3.97. The van der Waals surface area contributed by atoms with Crippen LogP contribution in [0.4, 0.5) is 5.69 Å². The first-order valence-electron chi connectivity index (χ1n) is 6.91. The van der Waals surface area contributed by atoms with Crippen LogP contribution in [0, 0.1) is 5.92 Å². The first kappa shape index (κ1) is 13.8. The molecular weight excluding hydrogens is 240 g/mol. The molecule has 0 bridgehead atoms. The number of hydrogen-bond donors (Lipinski definition) is 1. The summed E-state index contributed by atoms with van der Waals surface area (Å²) in [5, 5.41) is 0. The topological polar surface area (TPSA) is 29.3 Å². The summed E-state index contributed by atoms with van der Waals surface area (Å²) < 4.78 is 0. The normalized spacial score (nSPS) is 20.2. The van der Waals surface area contributed by atoms with Crippen LogP contribution in [-0.4, -0.2) is 19.3 Å². The molecule has 0 spiro atoms. The zero-order chi connectivity index (χ0) is 13.0. The van der Waals surface area contributed by atoms with Gasteiger partial charge < -0.3 is 10.6 Å². The van der Waals surface area contributed by atoms with E-state index in [4.69, 9.17) is 5.73 Å². The van der Waals surface area contributed by atoms with Gasteiger partial charge in [0.25, 0.3) is 0 Å². The van der Waals surface area contributed by atoms with Gasteiger partial charge in [-0.05, 0) is 37.1 Å². The third-order valence-corrected chi connectivity index (χ3v) is 4.79. The van der Waals surface area contributed by atoms with Crippen LogP contribution < -0.4 is 10.6 Å². The average Bonchev–Trinajstić information content (AvgIpc) is 2.46. The Hall–Kier alpha value is -0.670. The van der Waals surface area contributed by atoms with Crippen molar-refractivity contribution in [2.75, 3.05) is 24.2 Å². The van der Waals surface area contributed by atoms with E-state index in [1.165, 1.54) is 48.5 Å². The number of anilines is 1. The summed E-state index contributed by atoms with van der Waals surface area (Å²) in [4.78, 5) is 3.87. The molecule has 1 fully saturated rings. The van der Waals surface area contributed by atoms with Crippen LogP contribution in [0.25, 0.3) is 0 Å². The van der Waals surface area contributed by atoms with E-state index in [-0.39, 0.29) is 0 Å². The van der Waals surface area contributed by atoms with Gasteiger partial charge >= 0.3 is 0 Å². The molecule has 3 heteroatoms. The summed E-state index contributed by atoms with van der Waals surface area (Å²) in [6.07, 6.45) is 6.11. The van der Waals surface area contributed by atoms with Crippen molar-refractivity contribution >= 4 is 17.4 Å². The lowest BCUT2D eigenvalue weighted by molar-refractivity contribution is 0.404. The van der Waals surface area contributed by atoms with E-state index in [0.29, 0.717) is 6.54 Å². The highest BCUT2D eigenvalue weighted by Gasteiger charge is 2.21. The molecule has 1 aromatic carbocycles. The van der Waals surface area contributed by atoms with Crippen LogP contribution in [0.15, 0.2) is 23.1 Å². The number of thioether (sulfide) groups is 1. The standard InChI is InChI=1S/C15H24N2S/c1-3-12-6-5-9-17(11-12)14-7-4-8-15(18-2)13(14)10-16/h4,7-8,12H,3,5-6,9-11,16H2,1-2H3. The Labute approximate surface area is 115 Å². The Morgan fingerprint density at radius 1 is 1.44 bits per heavy atom. The van der Waals surface area contributed by atoms with Crippen LogP contribution in [-0.2, 0) is 6.54 Å². The molecule has 1 unspecified atom stereocenters. The summed E-state index contributed by atoms with van der Waals surface area (Å²) in [6.45, 7) is 5.32. The maximum atomic E-state index is 5.96. The van der Waals surface area contributed by atoms with Crippen molar-refractivity contribution in [1.29, 1.82) is 0 Å². The van der Waals surface area contributed by atoms with Crippen LogP contribution in [0.1, 0.15) is 31.7 Å². The predicted octanol–water partition coefficient (Wildman–Crippen LogP) is 3.49. The van der Waals surface area contributed by atoms with Crippen molar-refractivity contribution < 1.29 is 0 Å². The monoisotopic (exact) mass is 264 g/mol. The maximum absolute atomic E-state index is 5.96. The molecule has 0 saturated carbocycles. The number of benzene rings is 1. The molecule has 0 aliphatic carbocycles. The van der Waals surface area contributed by atoms with E-state index in [2.05, 4.69) is 36.3 Å². The third kappa shape index (κ3) is 2.83. The van der Waals surface area contributed by atoms with E-state index >= 15 is 0 Å². The van der Waals surface area contributed by atoms with Crippen LogP contribution >= 0.6 is 11.8 Å². The lowest BCUT2D eigenvalue weighted by atomic mass is 9.94. The Morgan fingerprint density at radius 2 is 2.28 bits per heavy atom. The first-order valence-corrected chi connectivity index (χ1v) is 8.13. The molecule has 2 nitrogen and oxygen atoms in total. The number of rotatable bonds is 4. The number of piperidine rings is 1. The fourth-order valence-electron chi connectivity index (χ4n) is 2.86. The zero-order valence-electron chi connectivity index (χ0n) is 11.5. The van der Waals surface area contributed by atoms with Gasteiger partial charge in [-0.1, -0.05) is 19.4 Å². The van der Waals surface area contributed by atoms with E-state index < -0.39 is 0 Å². The lowest BCUT2D eigenvalue weighted by Gasteiger charge is -2.35. The molecule has 1 aliphatic heterocycles. The molecule has 0 amide bonds. The highest BCUT2D eigenvalue weighted by molar-refractivity contribution is 7.98. The van der Waals surface area contributed by atoms with Gasteiger partial charge in [-0.3, -0.25) is 0 Å². The molecule has 1 aliphatic rings. The molecule has 1 saturated heterocycles. The van der Waals surface area contributed by atoms with E-state index in [0.717, 1.165) is 5.92 Å². The molecule has 2 N–H and O–H groups in total. The second-order valence-corrected chi connectivity index (χ2v) is 5.87. The second-order valence-electron chi connectivity index (χ2n) is 5.02. The maximum Gasteiger partial charge on any atom is 0.0423 e. The Bertz CT molecular complexity index is 392. The largest absolute Gasteiger partial charge is 0.371 e. The fourth-order valence-corrected chi connectivity index (χ4v) is 3.51. The van der Waals surface area contributed by atoms with Crippen LogP contribution in [0.3, 0.4) is 0 Å². The minimum Gasteiger partial charge on any atom is -0.371 e. The number of nitrogens with two attached hydrogens (primary N) is 1. The summed E-state index contributed by atoms with van der Waals surface area (Å²) in [5.41, 5.74) is 8.65. The van der Waals surface area contributed by atoms with Crippen LogP contribution in [0.5, 0.6) is 0 Å². The average molecular weight is 264 g/mol. The van der Waals surface area contributed by atoms with Gasteiger partial charge in [0.05, 0.1) is 0 Å². The number of hydrogen-bond acceptors (Lipinski definition) is 3. The van der Waals surface area contributed by atoms with Gasteiger partial charge in [0.2, 0.25) is 0 Å². The van der Waals surface area contributed by atoms with Crippen molar-refractivity contribution in [2.45, 2.75) is 37.6 Å². The Balaban J connectivity index is 2.26. The van der Waals surface area contributed by atoms with E-state index in [9.17, 15) is 0 Å². The van der Waals surface area contributed by atoms with Crippen molar-refractivity contribution in [3.8, 4) is 0 Å². The summed E-state index contributed by atoms with van der Waals surface area (Å²) in [6, 6.07) is 6.58. The molecule has 1 atom stereocenters. The van der Waals surface area contributed by atoms with Crippen LogP contribution in [0.2, 0.25) is 0 Å². The van der Waals surface area contributed by atoms with Crippen molar-refractivity contribution in [3.63, 3.8) is 0 Å². The van der Waals surface area contributed by atoms with Crippen molar-refractivity contribution in [1.82, 2.24) is 0 Å². The predicted molar refractivity (Wildman–Crippen MR) is 81.3 cm³/mol. The summed E-state index contributed by atoms with van der Waals surface area (Å²) in [5.74, 6) is 0.849. The summed E-state index contributed by atoms with van der Waals surface area (Å²) in [7, 11) is 0.